The fourth-order valence-corrected chi connectivity index (χ4v) is 3.01. The summed E-state index contributed by atoms with van der Waals surface area (Å²) in [6.45, 7) is 2.57. The molecule has 25 heavy (non-hydrogen) atoms. The van der Waals surface area contributed by atoms with Crippen LogP contribution < -0.4 is 16.0 Å². The lowest BCUT2D eigenvalue weighted by Crippen LogP contribution is -2.43. The number of sulfone groups is 1. The molecule has 0 aromatic heterocycles. The fraction of sp³-hybridized carbons (Fsp3) is 0.529. The molecule has 0 spiro atoms. The van der Waals surface area contributed by atoms with Crippen LogP contribution in [0.15, 0.2) is 29.3 Å². The summed E-state index contributed by atoms with van der Waals surface area (Å²) < 4.78 is 22.4. The minimum Gasteiger partial charge on any atom is -0.356 e. The van der Waals surface area contributed by atoms with Crippen LogP contribution in [0.4, 0.5) is 0 Å². The molecule has 0 radical (unpaired) electrons. The molecule has 8 heteroatoms. The Hall–Kier alpha value is -2.09. The third-order valence-corrected chi connectivity index (χ3v) is 4.63. The minimum atomic E-state index is -2.96. The Balaban J connectivity index is 2.46. The van der Waals surface area contributed by atoms with Gasteiger partial charge in [0.1, 0.15) is 9.84 Å². The van der Waals surface area contributed by atoms with Crippen molar-refractivity contribution in [2.24, 2.45) is 4.99 Å². The molecule has 0 heterocycles. The Morgan fingerprint density at radius 2 is 2.04 bits per heavy atom. The molecule has 1 aromatic rings. The minimum absolute atomic E-state index is 0.00231. The summed E-state index contributed by atoms with van der Waals surface area (Å²) in [5.41, 5.74) is 1.69. The second-order valence-corrected chi connectivity index (χ2v) is 8.25. The molecule has 3 N–H and O–H groups in total. The second-order valence-electron chi connectivity index (χ2n) is 5.99. The van der Waals surface area contributed by atoms with Crippen molar-refractivity contribution in [2.45, 2.75) is 25.8 Å². The van der Waals surface area contributed by atoms with Crippen LogP contribution in [0.2, 0.25) is 0 Å². The van der Waals surface area contributed by atoms with Gasteiger partial charge in [-0.3, -0.25) is 9.79 Å². The molecule has 140 valence electrons. The molecule has 1 unspecified atom stereocenters. The van der Waals surface area contributed by atoms with Crippen molar-refractivity contribution >= 4 is 21.7 Å². The Morgan fingerprint density at radius 1 is 1.32 bits per heavy atom. The van der Waals surface area contributed by atoms with Crippen LogP contribution in [-0.2, 0) is 16.3 Å². The van der Waals surface area contributed by atoms with E-state index in [2.05, 4.69) is 20.9 Å². The number of guanidine groups is 1. The number of rotatable bonds is 8. The van der Waals surface area contributed by atoms with Crippen LogP contribution in [0, 0.1) is 0 Å². The van der Waals surface area contributed by atoms with Gasteiger partial charge in [0.25, 0.3) is 5.91 Å². The summed E-state index contributed by atoms with van der Waals surface area (Å²) in [5, 5.41) is 8.98. The fourth-order valence-electron chi connectivity index (χ4n) is 2.23. The lowest BCUT2D eigenvalue weighted by atomic mass is 10.1. The van der Waals surface area contributed by atoms with Crippen LogP contribution in [0.25, 0.3) is 0 Å². The van der Waals surface area contributed by atoms with E-state index in [9.17, 15) is 13.2 Å². The van der Waals surface area contributed by atoms with E-state index in [0.717, 1.165) is 12.0 Å². The normalized spacial score (nSPS) is 13.2. The van der Waals surface area contributed by atoms with Crippen LogP contribution in [0.5, 0.6) is 0 Å². The molecular formula is C17H28N4O3S. The number of carbonyl (C=O) groups is 1. The van der Waals surface area contributed by atoms with Gasteiger partial charge in [0.05, 0.1) is 5.75 Å². The third kappa shape index (κ3) is 8.53. The number of nitrogens with one attached hydrogen (secondary N) is 3. The molecular weight excluding hydrogens is 340 g/mol. The van der Waals surface area contributed by atoms with Gasteiger partial charge >= 0.3 is 0 Å². The van der Waals surface area contributed by atoms with Gasteiger partial charge in [-0.25, -0.2) is 8.42 Å². The van der Waals surface area contributed by atoms with Gasteiger partial charge in [-0.2, -0.15) is 0 Å². The number of benzene rings is 1. The smallest absolute Gasteiger partial charge is 0.251 e. The molecule has 0 saturated heterocycles. The maximum Gasteiger partial charge on any atom is 0.251 e. The van der Waals surface area contributed by atoms with Crippen molar-refractivity contribution < 1.29 is 13.2 Å². The van der Waals surface area contributed by atoms with E-state index in [1.807, 2.05) is 25.1 Å². The van der Waals surface area contributed by atoms with Gasteiger partial charge in [0.15, 0.2) is 5.96 Å². The number of amides is 1. The SMILES string of the molecule is CN=C(NCCc1cccc(C(=O)NC)c1)NC(C)CCS(C)(=O)=O. The average Bonchev–Trinajstić information content (AvgIpc) is 2.58. The summed E-state index contributed by atoms with van der Waals surface area (Å²) in [5.74, 6) is 0.667. The van der Waals surface area contributed by atoms with E-state index in [1.165, 1.54) is 6.26 Å². The molecule has 7 nitrogen and oxygen atoms in total. The van der Waals surface area contributed by atoms with E-state index < -0.39 is 9.84 Å². The molecule has 0 aliphatic carbocycles. The highest BCUT2D eigenvalue weighted by atomic mass is 32.2. The van der Waals surface area contributed by atoms with E-state index in [0.29, 0.717) is 24.5 Å². The number of aliphatic imine (C=N–C) groups is 1. The number of nitrogens with zero attached hydrogens (tertiary/aromatic N) is 1. The lowest BCUT2D eigenvalue weighted by molar-refractivity contribution is 0.0963. The maximum atomic E-state index is 11.6. The summed E-state index contributed by atoms with van der Waals surface area (Å²) >= 11 is 0. The van der Waals surface area contributed by atoms with Crippen molar-refractivity contribution in [3.63, 3.8) is 0 Å². The van der Waals surface area contributed by atoms with Crippen LogP contribution in [-0.4, -0.2) is 59.0 Å². The van der Waals surface area contributed by atoms with Crippen LogP contribution in [0.3, 0.4) is 0 Å². The molecule has 0 aliphatic heterocycles. The molecule has 0 saturated carbocycles. The first-order valence-electron chi connectivity index (χ1n) is 8.21. The molecule has 0 aliphatic rings. The maximum absolute atomic E-state index is 11.6. The third-order valence-electron chi connectivity index (χ3n) is 3.65. The monoisotopic (exact) mass is 368 g/mol. The van der Waals surface area contributed by atoms with Crippen LogP contribution in [0.1, 0.15) is 29.3 Å². The predicted molar refractivity (Wildman–Crippen MR) is 102 cm³/mol. The Kier molecular flexibility index (Phi) is 8.40. The Labute approximate surface area is 150 Å². The van der Waals surface area contributed by atoms with Crippen LogP contribution >= 0.6 is 0 Å². The first-order chi connectivity index (χ1) is 11.7. The molecule has 1 aromatic carbocycles. The topological polar surface area (TPSA) is 99.7 Å². The highest BCUT2D eigenvalue weighted by Gasteiger charge is 2.09. The summed E-state index contributed by atoms with van der Waals surface area (Å²) in [4.78, 5) is 15.8. The molecule has 1 amide bonds. The lowest BCUT2D eigenvalue weighted by Gasteiger charge is -2.17. The van der Waals surface area contributed by atoms with E-state index in [1.54, 1.807) is 20.2 Å². The second kappa shape index (κ2) is 10.0. The van der Waals surface area contributed by atoms with Crippen molar-refractivity contribution in [1.29, 1.82) is 0 Å². The number of carbonyl (C=O) groups excluding carboxylic acids is 1. The summed E-state index contributed by atoms with van der Waals surface area (Å²) in [7, 11) is 0.319. The molecule has 0 bridgehead atoms. The Bertz CT molecular complexity index is 702. The highest BCUT2D eigenvalue weighted by molar-refractivity contribution is 7.90. The van der Waals surface area contributed by atoms with E-state index >= 15 is 0 Å². The predicted octanol–water partition coefficient (Wildman–Crippen LogP) is 0.577. The Morgan fingerprint density at radius 3 is 2.64 bits per heavy atom. The van der Waals surface area contributed by atoms with Crippen molar-refractivity contribution in [3.8, 4) is 0 Å². The van der Waals surface area contributed by atoms with Gasteiger partial charge in [0, 0.05) is 38.5 Å². The zero-order valence-corrected chi connectivity index (χ0v) is 16.1. The van der Waals surface area contributed by atoms with E-state index in [-0.39, 0.29) is 17.7 Å². The highest BCUT2D eigenvalue weighted by Crippen LogP contribution is 2.05. The van der Waals surface area contributed by atoms with Crippen molar-refractivity contribution in [2.75, 3.05) is 32.6 Å². The van der Waals surface area contributed by atoms with Gasteiger partial charge < -0.3 is 16.0 Å². The van der Waals surface area contributed by atoms with Gasteiger partial charge in [-0.05, 0) is 37.5 Å². The zero-order chi connectivity index (χ0) is 18.9. The van der Waals surface area contributed by atoms with Gasteiger partial charge in [0.2, 0.25) is 0 Å². The quantitative estimate of drug-likeness (QED) is 0.460. The average molecular weight is 369 g/mol. The summed E-state index contributed by atoms with van der Waals surface area (Å²) in [6, 6.07) is 7.47. The molecule has 0 fully saturated rings. The largest absolute Gasteiger partial charge is 0.356 e. The first-order valence-corrected chi connectivity index (χ1v) is 10.3. The van der Waals surface area contributed by atoms with Gasteiger partial charge in [-0.15, -0.1) is 0 Å². The first kappa shape index (κ1) is 21.0. The van der Waals surface area contributed by atoms with Crippen molar-refractivity contribution in [3.05, 3.63) is 35.4 Å². The van der Waals surface area contributed by atoms with Gasteiger partial charge in [-0.1, -0.05) is 12.1 Å². The summed E-state index contributed by atoms with van der Waals surface area (Å²) in [6.07, 6.45) is 2.50. The molecule has 1 atom stereocenters. The standard InChI is InChI=1S/C17H28N4O3S/c1-13(9-11-25(4,23)24)21-17(19-3)20-10-8-14-6-5-7-15(12-14)16(22)18-2/h5-7,12-13H,8-11H2,1-4H3,(H,18,22)(H2,19,20,21). The number of hydrogen-bond acceptors (Lipinski definition) is 4. The number of hydrogen-bond donors (Lipinski definition) is 3. The molecule has 1 rings (SSSR count). The zero-order valence-electron chi connectivity index (χ0n) is 15.3. The van der Waals surface area contributed by atoms with Crippen molar-refractivity contribution in [1.82, 2.24) is 16.0 Å². The van der Waals surface area contributed by atoms with E-state index in [4.69, 9.17) is 0 Å².